The second kappa shape index (κ2) is 5.40. The SMILES string of the molecule is S=c1[nH]nc(N2CCCCC2)n1CC1CCCO1. The minimum atomic E-state index is 0.304. The van der Waals surface area contributed by atoms with E-state index in [1.165, 1.54) is 19.3 Å². The lowest BCUT2D eigenvalue weighted by molar-refractivity contribution is 0.0968. The number of aromatic nitrogens is 3. The van der Waals surface area contributed by atoms with Gasteiger partial charge in [-0.2, -0.15) is 0 Å². The first-order valence-electron chi connectivity index (χ1n) is 6.86. The summed E-state index contributed by atoms with van der Waals surface area (Å²) in [6.07, 6.45) is 6.42. The van der Waals surface area contributed by atoms with E-state index in [0.717, 1.165) is 45.0 Å². The quantitative estimate of drug-likeness (QED) is 0.853. The number of nitrogens with one attached hydrogen (secondary N) is 1. The van der Waals surface area contributed by atoms with Gasteiger partial charge in [0.2, 0.25) is 5.95 Å². The Balaban J connectivity index is 1.78. The fraction of sp³-hybridized carbons (Fsp3) is 0.833. The van der Waals surface area contributed by atoms with Crippen molar-refractivity contribution < 1.29 is 4.74 Å². The Hall–Kier alpha value is -0.880. The molecule has 0 radical (unpaired) electrons. The van der Waals surface area contributed by atoms with Crippen molar-refractivity contribution in [2.75, 3.05) is 24.6 Å². The monoisotopic (exact) mass is 268 g/mol. The predicted molar refractivity (Wildman–Crippen MR) is 72.4 cm³/mol. The van der Waals surface area contributed by atoms with Gasteiger partial charge in [0.15, 0.2) is 4.77 Å². The fourth-order valence-electron chi connectivity index (χ4n) is 2.80. The molecule has 18 heavy (non-hydrogen) atoms. The Morgan fingerprint density at radius 2 is 2.11 bits per heavy atom. The Morgan fingerprint density at radius 3 is 2.83 bits per heavy atom. The van der Waals surface area contributed by atoms with Gasteiger partial charge in [0.25, 0.3) is 0 Å². The fourth-order valence-corrected chi connectivity index (χ4v) is 3.00. The summed E-state index contributed by atoms with van der Waals surface area (Å²) in [6.45, 7) is 3.90. The molecular formula is C12H20N4OS. The van der Waals surface area contributed by atoms with Crippen LogP contribution in [-0.4, -0.2) is 40.6 Å². The maximum atomic E-state index is 5.70. The molecular weight excluding hydrogens is 248 g/mol. The van der Waals surface area contributed by atoms with Gasteiger partial charge >= 0.3 is 0 Å². The summed E-state index contributed by atoms with van der Waals surface area (Å²) in [5.41, 5.74) is 0. The van der Waals surface area contributed by atoms with E-state index < -0.39 is 0 Å². The van der Waals surface area contributed by atoms with Crippen molar-refractivity contribution in [3.05, 3.63) is 4.77 Å². The van der Waals surface area contributed by atoms with Crippen LogP contribution in [0.2, 0.25) is 0 Å². The zero-order valence-electron chi connectivity index (χ0n) is 10.6. The summed E-state index contributed by atoms with van der Waals surface area (Å²) in [4.78, 5) is 2.34. The molecule has 1 N–H and O–H groups in total. The highest BCUT2D eigenvalue weighted by molar-refractivity contribution is 7.71. The molecule has 3 rings (SSSR count). The first-order valence-corrected chi connectivity index (χ1v) is 7.27. The standard InChI is InChI=1S/C12H20N4OS/c18-12-14-13-11(15-6-2-1-3-7-15)16(12)9-10-5-4-8-17-10/h10H,1-9H2,(H,14,18). The van der Waals surface area contributed by atoms with Gasteiger partial charge in [-0.3, -0.25) is 4.57 Å². The van der Waals surface area contributed by atoms with Gasteiger partial charge in [-0.15, -0.1) is 5.10 Å². The van der Waals surface area contributed by atoms with Crippen molar-refractivity contribution in [1.82, 2.24) is 14.8 Å². The highest BCUT2D eigenvalue weighted by Gasteiger charge is 2.21. The first-order chi connectivity index (χ1) is 8.84. The van der Waals surface area contributed by atoms with Crippen molar-refractivity contribution in [3.63, 3.8) is 0 Å². The molecule has 6 heteroatoms. The molecule has 100 valence electrons. The molecule has 1 unspecified atom stereocenters. The molecule has 1 aromatic heterocycles. The number of nitrogens with zero attached hydrogens (tertiary/aromatic N) is 3. The van der Waals surface area contributed by atoms with Crippen LogP contribution in [0.1, 0.15) is 32.1 Å². The molecule has 2 saturated heterocycles. The topological polar surface area (TPSA) is 46.1 Å². The molecule has 0 spiro atoms. The molecule has 2 aliphatic rings. The van der Waals surface area contributed by atoms with Crippen molar-refractivity contribution in [3.8, 4) is 0 Å². The lowest BCUT2D eigenvalue weighted by Crippen LogP contribution is -2.32. The normalized spacial score (nSPS) is 24.7. The summed E-state index contributed by atoms with van der Waals surface area (Å²) < 4.78 is 8.52. The van der Waals surface area contributed by atoms with Crippen LogP contribution in [0, 0.1) is 4.77 Å². The largest absolute Gasteiger partial charge is 0.376 e. The number of ether oxygens (including phenoxy) is 1. The van der Waals surface area contributed by atoms with Crippen LogP contribution in [0.25, 0.3) is 0 Å². The van der Waals surface area contributed by atoms with E-state index in [9.17, 15) is 0 Å². The first kappa shape index (κ1) is 12.2. The lowest BCUT2D eigenvalue weighted by atomic mass is 10.1. The molecule has 2 fully saturated rings. The number of hydrogen-bond donors (Lipinski definition) is 1. The van der Waals surface area contributed by atoms with E-state index in [-0.39, 0.29) is 0 Å². The lowest BCUT2D eigenvalue weighted by Gasteiger charge is -2.28. The van der Waals surface area contributed by atoms with E-state index in [1.807, 2.05) is 0 Å². The molecule has 0 bridgehead atoms. The third-order valence-corrected chi connectivity index (χ3v) is 4.10. The van der Waals surface area contributed by atoms with E-state index in [0.29, 0.717) is 10.9 Å². The summed E-state index contributed by atoms with van der Waals surface area (Å²) in [5.74, 6) is 0.996. The summed E-state index contributed by atoms with van der Waals surface area (Å²) in [5, 5.41) is 7.32. The second-order valence-corrected chi connectivity index (χ2v) is 5.51. The van der Waals surface area contributed by atoms with Crippen molar-refractivity contribution >= 4 is 18.2 Å². The van der Waals surface area contributed by atoms with Gasteiger partial charge in [0.1, 0.15) is 0 Å². The van der Waals surface area contributed by atoms with E-state index in [4.69, 9.17) is 17.0 Å². The number of hydrogen-bond acceptors (Lipinski definition) is 4. The van der Waals surface area contributed by atoms with Crippen molar-refractivity contribution in [2.45, 2.75) is 44.8 Å². The summed E-state index contributed by atoms with van der Waals surface area (Å²) in [7, 11) is 0. The van der Waals surface area contributed by atoms with Gasteiger partial charge < -0.3 is 9.64 Å². The number of rotatable bonds is 3. The highest BCUT2D eigenvalue weighted by Crippen LogP contribution is 2.21. The third-order valence-electron chi connectivity index (χ3n) is 3.79. The summed E-state index contributed by atoms with van der Waals surface area (Å²) >= 11 is 5.34. The Kier molecular flexibility index (Phi) is 3.65. The molecule has 0 amide bonds. The molecule has 5 nitrogen and oxygen atoms in total. The smallest absolute Gasteiger partial charge is 0.225 e. The molecule has 3 heterocycles. The van der Waals surface area contributed by atoms with Crippen LogP contribution < -0.4 is 4.90 Å². The Labute approximate surface area is 112 Å². The average Bonchev–Trinajstić information content (AvgIpc) is 3.03. The minimum Gasteiger partial charge on any atom is -0.376 e. The second-order valence-electron chi connectivity index (χ2n) is 5.12. The number of piperidine rings is 1. The zero-order chi connectivity index (χ0) is 12.4. The van der Waals surface area contributed by atoms with Crippen molar-refractivity contribution in [2.24, 2.45) is 0 Å². The molecule has 1 aromatic rings. The van der Waals surface area contributed by atoms with Crippen LogP contribution in [0.15, 0.2) is 0 Å². The molecule has 0 saturated carbocycles. The molecule has 2 aliphatic heterocycles. The van der Waals surface area contributed by atoms with Crippen LogP contribution in [0.5, 0.6) is 0 Å². The minimum absolute atomic E-state index is 0.304. The highest BCUT2D eigenvalue weighted by atomic mass is 32.1. The average molecular weight is 268 g/mol. The number of H-pyrrole nitrogens is 1. The summed E-state index contributed by atoms with van der Waals surface area (Å²) in [6, 6.07) is 0. The molecule has 0 aromatic carbocycles. The van der Waals surface area contributed by atoms with Gasteiger partial charge in [-0.25, -0.2) is 5.10 Å². The number of anilines is 1. The molecule has 1 atom stereocenters. The van der Waals surface area contributed by atoms with Gasteiger partial charge in [0, 0.05) is 19.7 Å². The van der Waals surface area contributed by atoms with E-state index >= 15 is 0 Å². The van der Waals surface area contributed by atoms with Crippen LogP contribution in [0.3, 0.4) is 0 Å². The number of aromatic amines is 1. The van der Waals surface area contributed by atoms with E-state index in [1.54, 1.807) is 0 Å². The van der Waals surface area contributed by atoms with Gasteiger partial charge in [-0.1, -0.05) is 0 Å². The van der Waals surface area contributed by atoms with Gasteiger partial charge in [-0.05, 0) is 44.3 Å². The van der Waals surface area contributed by atoms with Crippen molar-refractivity contribution in [1.29, 1.82) is 0 Å². The van der Waals surface area contributed by atoms with Crippen LogP contribution in [-0.2, 0) is 11.3 Å². The van der Waals surface area contributed by atoms with Crippen LogP contribution >= 0.6 is 12.2 Å². The van der Waals surface area contributed by atoms with Gasteiger partial charge in [0.05, 0.1) is 12.6 Å². The maximum Gasteiger partial charge on any atom is 0.225 e. The maximum absolute atomic E-state index is 5.70. The molecule has 0 aliphatic carbocycles. The zero-order valence-corrected chi connectivity index (χ0v) is 11.4. The Bertz CT molecular complexity index is 443. The van der Waals surface area contributed by atoms with E-state index in [2.05, 4.69) is 19.7 Å². The van der Waals surface area contributed by atoms with Crippen LogP contribution in [0.4, 0.5) is 5.95 Å². The predicted octanol–water partition coefficient (Wildman–Crippen LogP) is 2.11. The third kappa shape index (κ3) is 2.44. The Morgan fingerprint density at radius 1 is 1.28 bits per heavy atom.